The van der Waals surface area contributed by atoms with Gasteiger partial charge in [0.15, 0.2) is 0 Å². The molecule has 2 heteroatoms. The summed E-state index contributed by atoms with van der Waals surface area (Å²) in [6.45, 7) is 5.28. The van der Waals surface area contributed by atoms with Gasteiger partial charge in [0.1, 0.15) is 0 Å². The molecule has 0 aliphatic heterocycles. The highest BCUT2D eigenvalue weighted by atomic mass is 32.1. The highest BCUT2D eigenvalue weighted by molar-refractivity contribution is 7.12. The second-order valence-corrected chi connectivity index (χ2v) is 5.59. The highest BCUT2D eigenvalue weighted by Crippen LogP contribution is 2.25. The molecule has 0 aromatic carbocycles. The van der Waals surface area contributed by atoms with Crippen molar-refractivity contribution in [3.63, 3.8) is 0 Å². The first-order valence-corrected chi connectivity index (χ1v) is 7.44. The van der Waals surface area contributed by atoms with Gasteiger partial charge in [-0.3, -0.25) is 0 Å². The number of nitrogens with two attached hydrogens (primary N) is 1. The molecule has 0 aliphatic rings. The molecule has 0 aliphatic carbocycles. The van der Waals surface area contributed by atoms with Crippen LogP contribution in [0.4, 0.5) is 0 Å². The maximum absolute atomic E-state index is 5.66. The lowest BCUT2D eigenvalue weighted by Crippen LogP contribution is -2.03. The van der Waals surface area contributed by atoms with E-state index in [9.17, 15) is 0 Å². The molecule has 0 bridgehead atoms. The van der Waals surface area contributed by atoms with Crippen LogP contribution in [0.3, 0.4) is 0 Å². The summed E-state index contributed by atoms with van der Waals surface area (Å²) in [5.41, 5.74) is 7.18. The molecule has 1 nitrogen and oxygen atoms in total. The summed E-state index contributed by atoms with van der Waals surface area (Å²) in [6.07, 6.45) is 8.89. The Morgan fingerprint density at radius 3 is 2.56 bits per heavy atom. The fourth-order valence-corrected chi connectivity index (χ4v) is 3.19. The Kier molecular flexibility index (Phi) is 6.74. The molecule has 1 aromatic rings. The Hall–Kier alpha value is -0.340. The van der Waals surface area contributed by atoms with Crippen molar-refractivity contribution in [2.45, 2.75) is 58.8 Å². The number of rotatable bonds is 8. The van der Waals surface area contributed by atoms with Crippen molar-refractivity contribution in [1.82, 2.24) is 0 Å². The van der Waals surface area contributed by atoms with Gasteiger partial charge in [-0.05, 0) is 43.9 Å². The number of unbranched alkanes of at least 4 members (excludes halogenated alkanes) is 3. The van der Waals surface area contributed by atoms with E-state index in [1.165, 1.54) is 42.5 Å². The first kappa shape index (κ1) is 13.7. The average molecular weight is 239 g/mol. The van der Waals surface area contributed by atoms with Gasteiger partial charge in [-0.15, -0.1) is 11.3 Å². The van der Waals surface area contributed by atoms with Crippen LogP contribution in [0.5, 0.6) is 0 Å². The lowest BCUT2D eigenvalue weighted by Gasteiger charge is -2.02. The van der Waals surface area contributed by atoms with Crippen molar-refractivity contribution >= 4 is 11.3 Å². The van der Waals surface area contributed by atoms with Gasteiger partial charge in [0.25, 0.3) is 0 Å². The Labute approximate surface area is 104 Å². The average Bonchev–Trinajstić information content (AvgIpc) is 2.68. The van der Waals surface area contributed by atoms with E-state index < -0.39 is 0 Å². The fourth-order valence-electron chi connectivity index (χ4n) is 1.99. The third kappa shape index (κ3) is 4.26. The minimum absolute atomic E-state index is 0.780. The maximum atomic E-state index is 5.66. The van der Waals surface area contributed by atoms with Gasteiger partial charge >= 0.3 is 0 Å². The van der Waals surface area contributed by atoms with E-state index >= 15 is 0 Å². The summed E-state index contributed by atoms with van der Waals surface area (Å²) in [4.78, 5) is 3.12. The zero-order valence-corrected chi connectivity index (χ0v) is 11.5. The molecular weight excluding hydrogens is 214 g/mol. The minimum atomic E-state index is 0.780. The third-order valence-electron chi connectivity index (χ3n) is 2.97. The molecule has 1 heterocycles. The van der Waals surface area contributed by atoms with E-state index in [4.69, 9.17) is 5.73 Å². The van der Waals surface area contributed by atoms with Gasteiger partial charge in [0.05, 0.1) is 0 Å². The van der Waals surface area contributed by atoms with Gasteiger partial charge in [0, 0.05) is 9.75 Å². The topological polar surface area (TPSA) is 26.0 Å². The van der Waals surface area contributed by atoms with E-state index in [-0.39, 0.29) is 0 Å². The summed E-state index contributed by atoms with van der Waals surface area (Å²) >= 11 is 2.00. The molecular formula is C14H25NS. The molecule has 0 amide bonds. The van der Waals surface area contributed by atoms with Crippen LogP contribution in [0.15, 0.2) is 6.07 Å². The molecule has 0 saturated heterocycles. The summed E-state index contributed by atoms with van der Waals surface area (Å²) in [5, 5.41) is 0. The standard InChI is InChI=1S/C14H25NS/c1-3-5-6-7-8-14-12(9-10-15)11-13(4-2)16-14/h11H,3-10,15H2,1-2H3. The van der Waals surface area contributed by atoms with Crippen LogP contribution in [0.1, 0.15) is 54.8 Å². The number of hydrogen-bond acceptors (Lipinski definition) is 2. The van der Waals surface area contributed by atoms with Crippen molar-refractivity contribution in [1.29, 1.82) is 0 Å². The molecule has 0 radical (unpaired) electrons. The largest absolute Gasteiger partial charge is 0.330 e. The van der Waals surface area contributed by atoms with Crippen LogP contribution in [0.2, 0.25) is 0 Å². The summed E-state index contributed by atoms with van der Waals surface area (Å²) in [5.74, 6) is 0. The van der Waals surface area contributed by atoms with Crippen molar-refractivity contribution in [2.75, 3.05) is 6.54 Å². The first-order chi connectivity index (χ1) is 7.81. The van der Waals surface area contributed by atoms with Crippen molar-refractivity contribution < 1.29 is 0 Å². The molecule has 0 fully saturated rings. The second-order valence-electron chi connectivity index (χ2n) is 4.36. The zero-order valence-electron chi connectivity index (χ0n) is 10.7. The van der Waals surface area contributed by atoms with Crippen LogP contribution >= 0.6 is 11.3 Å². The Bertz CT molecular complexity index is 291. The van der Waals surface area contributed by atoms with Gasteiger partial charge in [-0.1, -0.05) is 33.1 Å². The smallest absolute Gasteiger partial charge is 0.00806 e. The van der Waals surface area contributed by atoms with Crippen LogP contribution in [0.25, 0.3) is 0 Å². The zero-order chi connectivity index (χ0) is 11.8. The number of thiophene rings is 1. The Balaban J connectivity index is 2.51. The van der Waals surface area contributed by atoms with Gasteiger partial charge in [-0.25, -0.2) is 0 Å². The third-order valence-corrected chi connectivity index (χ3v) is 4.35. The molecule has 2 N–H and O–H groups in total. The van der Waals surface area contributed by atoms with Crippen molar-refractivity contribution in [3.05, 3.63) is 21.4 Å². The lowest BCUT2D eigenvalue weighted by atomic mass is 10.1. The quantitative estimate of drug-likeness (QED) is 0.683. The second kappa shape index (κ2) is 7.86. The van der Waals surface area contributed by atoms with E-state index in [1.54, 1.807) is 4.88 Å². The Morgan fingerprint density at radius 1 is 1.12 bits per heavy atom. The van der Waals surface area contributed by atoms with E-state index in [2.05, 4.69) is 19.9 Å². The van der Waals surface area contributed by atoms with E-state index in [0.717, 1.165) is 19.4 Å². The predicted molar refractivity (Wildman–Crippen MR) is 74.3 cm³/mol. The predicted octanol–water partition coefficient (Wildman–Crippen LogP) is 3.93. The van der Waals surface area contributed by atoms with Crippen LogP contribution < -0.4 is 5.73 Å². The molecule has 16 heavy (non-hydrogen) atoms. The molecule has 0 spiro atoms. The van der Waals surface area contributed by atoms with E-state index in [0.29, 0.717) is 0 Å². The molecule has 92 valence electrons. The van der Waals surface area contributed by atoms with E-state index in [1.807, 2.05) is 11.3 Å². The molecule has 0 atom stereocenters. The van der Waals surface area contributed by atoms with Gasteiger partial charge in [-0.2, -0.15) is 0 Å². The number of hydrogen-bond donors (Lipinski definition) is 1. The minimum Gasteiger partial charge on any atom is -0.330 e. The number of aryl methyl sites for hydroxylation is 2. The van der Waals surface area contributed by atoms with Gasteiger partial charge < -0.3 is 5.73 Å². The normalized spacial score (nSPS) is 10.9. The Morgan fingerprint density at radius 2 is 1.94 bits per heavy atom. The lowest BCUT2D eigenvalue weighted by molar-refractivity contribution is 0.668. The fraction of sp³-hybridized carbons (Fsp3) is 0.714. The molecule has 1 aromatic heterocycles. The van der Waals surface area contributed by atoms with Crippen molar-refractivity contribution in [3.8, 4) is 0 Å². The van der Waals surface area contributed by atoms with Crippen LogP contribution in [-0.4, -0.2) is 6.54 Å². The molecule has 0 saturated carbocycles. The highest BCUT2D eigenvalue weighted by Gasteiger charge is 2.07. The van der Waals surface area contributed by atoms with Gasteiger partial charge in [0.2, 0.25) is 0 Å². The SMILES string of the molecule is CCCCCCc1sc(CC)cc1CCN. The summed E-state index contributed by atoms with van der Waals surface area (Å²) in [6, 6.07) is 2.37. The first-order valence-electron chi connectivity index (χ1n) is 6.62. The van der Waals surface area contributed by atoms with Crippen molar-refractivity contribution in [2.24, 2.45) is 5.73 Å². The molecule has 0 unspecified atom stereocenters. The molecule has 1 rings (SSSR count). The maximum Gasteiger partial charge on any atom is 0.00806 e. The summed E-state index contributed by atoms with van der Waals surface area (Å²) in [7, 11) is 0. The van der Waals surface area contributed by atoms with Crippen LogP contribution in [0, 0.1) is 0 Å². The van der Waals surface area contributed by atoms with Crippen LogP contribution in [-0.2, 0) is 19.3 Å². The monoisotopic (exact) mass is 239 g/mol. The summed E-state index contributed by atoms with van der Waals surface area (Å²) < 4.78 is 0.